The average molecular weight is 535 g/mol. The van der Waals surface area contributed by atoms with Gasteiger partial charge in [0.1, 0.15) is 0 Å². The number of fused-ring (bicyclic) bond motifs is 2. The van der Waals surface area contributed by atoms with Crippen molar-refractivity contribution >= 4 is 18.0 Å². The van der Waals surface area contributed by atoms with Crippen LogP contribution < -0.4 is 0 Å². The van der Waals surface area contributed by atoms with E-state index in [1.807, 2.05) is 47.5 Å². The van der Waals surface area contributed by atoms with Crippen molar-refractivity contribution in [3.63, 3.8) is 0 Å². The highest BCUT2D eigenvalue weighted by Crippen LogP contribution is 2.60. The minimum Gasteiger partial charge on any atom is -0.328 e. The Balaban J connectivity index is 1.05. The first-order chi connectivity index (χ1) is 19.2. The molecule has 1 unspecified atom stereocenters. The van der Waals surface area contributed by atoms with Crippen LogP contribution in [0.15, 0.2) is 47.5 Å². The van der Waals surface area contributed by atoms with Crippen molar-refractivity contribution in [2.24, 2.45) is 21.7 Å². The Bertz CT molecular complexity index is 1530. The molecule has 6 heteroatoms. The number of aromatic nitrogens is 2. The average Bonchev–Trinajstić information content (AvgIpc) is 3.27. The number of aromatic amines is 1. The molecule has 3 aromatic rings. The molecule has 2 heterocycles. The van der Waals surface area contributed by atoms with E-state index in [1.54, 1.807) is 0 Å². The maximum absolute atomic E-state index is 13.4. The molecule has 1 aliphatic heterocycles. The summed E-state index contributed by atoms with van der Waals surface area (Å²) in [5.74, 6) is 0.336. The molecule has 1 aromatic heterocycles. The van der Waals surface area contributed by atoms with Gasteiger partial charge < -0.3 is 4.90 Å². The van der Waals surface area contributed by atoms with Gasteiger partial charge in [0.2, 0.25) is 0 Å². The zero-order chi connectivity index (χ0) is 27.6. The molecule has 7 rings (SSSR count). The zero-order valence-electron chi connectivity index (χ0n) is 23.8. The Morgan fingerprint density at radius 2 is 1.93 bits per heavy atom. The number of amides is 2. The molecule has 4 aliphatic rings. The maximum Gasteiger partial charge on any atom is 0.276 e. The van der Waals surface area contributed by atoms with Crippen LogP contribution >= 0.6 is 0 Å². The van der Waals surface area contributed by atoms with Crippen LogP contribution in [0.5, 0.6) is 0 Å². The molecule has 1 spiro atoms. The number of nitrogens with one attached hydrogen (secondary N) is 1. The van der Waals surface area contributed by atoms with Crippen LogP contribution in [0.3, 0.4) is 0 Å². The molecule has 2 saturated carbocycles. The summed E-state index contributed by atoms with van der Waals surface area (Å²) in [4.78, 5) is 32.4. The molecular weight excluding hydrogens is 496 g/mol. The highest BCUT2D eigenvalue weighted by atomic mass is 16.2. The minimum atomic E-state index is -0.178. The summed E-state index contributed by atoms with van der Waals surface area (Å²) in [7, 11) is 0. The fourth-order valence-electron chi connectivity index (χ4n) is 7.39. The van der Waals surface area contributed by atoms with Crippen LogP contribution in [0, 0.1) is 16.7 Å². The van der Waals surface area contributed by atoms with E-state index in [1.165, 1.54) is 36.9 Å². The summed E-state index contributed by atoms with van der Waals surface area (Å²) in [6.07, 6.45) is 11.4. The zero-order valence-corrected chi connectivity index (χ0v) is 23.8. The van der Waals surface area contributed by atoms with Gasteiger partial charge in [-0.25, -0.2) is 4.99 Å². The molecule has 2 amide bonds. The first-order valence-corrected chi connectivity index (χ1v) is 14.9. The molecule has 0 bridgehead atoms. The largest absolute Gasteiger partial charge is 0.328 e. The number of H-pyrrole nitrogens is 1. The van der Waals surface area contributed by atoms with Crippen molar-refractivity contribution in [3.8, 4) is 11.3 Å². The quantitative estimate of drug-likeness (QED) is 0.355. The third kappa shape index (κ3) is 4.32. The summed E-state index contributed by atoms with van der Waals surface area (Å²) >= 11 is 0. The van der Waals surface area contributed by atoms with E-state index in [0.717, 1.165) is 53.6 Å². The standard InChI is InChI=1S/C34H38N4O2/c1-21(22-6-8-23(9-7-22)31(39)35-19-26-5-4-13-34(26)15-16-34)38-20-25-17-24(10-11-27(25)32(38)40)30-28-12-14-33(2,3)18-29(28)36-37-30/h6-11,17,19,21,26H,4-5,12-16,18,20H2,1-3H3,(H,36,37)/t21-,26?/m1/s1. The number of rotatable bonds is 5. The van der Waals surface area contributed by atoms with E-state index in [0.29, 0.717) is 28.9 Å². The topological polar surface area (TPSA) is 78.4 Å². The third-order valence-corrected chi connectivity index (χ3v) is 10.2. The molecule has 0 radical (unpaired) electrons. The number of carbonyl (C=O) groups is 2. The summed E-state index contributed by atoms with van der Waals surface area (Å²) in [6.45, 7) is 7.25. The number of hydrogen-bond acceptors (Lipinski definition) is 3. The lowest BCUT2D eigenvalue weighted by Crippen LogP contribution is -2.27. The Morgan fingerprint density at radius 3 is 2.70 bits per heavy atom. The van der Waals surface area contributed by atoms with Crippen LogP contribution in [-0.2, 0) is 19.4 Å². The second-order valence-corrected chi connectivity index (χ2v) is 13.4. The molecule has 2 atom stereocenters. The van der Waals surface area contributed by atoms with E-state index in [-0.39, 0.29) is 17.9 Å². The van der Waals surface area contributed by atoms with Crippen LogP contribution in [0.4, 0.5) is 0 Å². The minimum absolute atomic E-state index is 0.0511. The van der Waals surface area contributed by atoms with E-state index < -0.39 is 0 Å². The van der Waals surface area contributed by atoms with Gasteiger partial charge in [-0.1, -0.05) is 38.5 Å². The lowest BCUT2D eigenvalue weighted by Gasteiger charge is -2.29. The predicted octanol–water partition coefficient (Wildman–Crippen LogP) is 7.10. The smallest absolute Gasteiger partial charge is 0.276 e. The first kappa shape index (κ1) is 25.4. The fraction of sp³-hybridized carbons (Fsp3) is 0.471. The van der Waals surface area contributed by atoms with Crippen LogP contribution in [-0.4, -0.2) is 33.1 Å². The van der Waals surface area contributed by atoms with Crippen LogP contribution in [0.25, 0.3) is 11.3 Å². The van der Waals surface area contributed by atoms with Crippen molar-refractivity contribution in [2.45, 2.75) is 84.7 Å². The van der Waals surface area contributed by atoms with Gasteiger partial charge in [-0.3, -0.25) is 14.7 Å². The summed E-state index contributed by atoms with van der Waals surface area (Å²) in [5.41, 5.74) is 8.84. The van der Waals surface area contributed by atoms with E-state index in [2.05, 4.69) is 42.0 Å². The molecule has 0 saturated heterocycles. The summed E-state index contributed by atoms with van der Waals surface area (Å²) < 4.78 is 0. The maximum atomic E-state index is 13.4. The van der Waals surface area contributed by atoms with Gasteiger partial charge >= 0.3 is 0 Å². The Hall–Kier alpha value is -3.54. The highest BCUT2D eigenvalue weighted by Gasteiger charge is 2.51. The number of benzene rings is 2. The number of aliphatic imine (C=N–C) groups is 1. The number of hydrogen-bond donors (Lipinski definition) is 1. The molecule has 3 aliphatic carbocycles. The van der Waals surface area contributed by atoms with Crippen molar-refractivity contribution in [1.82, 2.24) is 15.1 Å². The summed E-state index contributed by atoms with van der Waals surface area (Å²) in [5, 5.41) is 7.97. The normalized spacial score (nSPS) is 23.0. The fourth-order valence-corrected chi connectivity index (χ4v) is 7.39. The first-order valence-electron chi connectivity index (χ1n) is 14.9. The van der Waals surface area contributed by atoms with E-state index in [9.17, 15) is 9.59 Å². The lowest BCUT2D eigenvalue weighted by molar-refractivity contribution is 0.0715. The highest BCUT2D eigenvalue weighted by molar-refractivity contribution is 6.00. The summed E-state index contributed by atoms with van der Waals surface area (Å²) in [6, 6.07) is 13.7. The van der Waals surface area contributed by atoms with Crippen molar-refractivity contribution < 1.29 is 9.59 Å². The molecule has 1 N–H and O–H groups in total. The SMILES string of the molecule is C[C@H](c1ccc(C(=O)N=CC2CCCC23CC3)cc1)N1Cc2cc(-c3n[nH]c4c3CCC(C)(C)C4)ccc2C1=O. The van der Waals surface area contributed by atoms with Gasteiger partial charge in [0.25, 0.3) is 11.8 Å². The monoisotopic (exact) mass is 534 g/mol. The van der Waals surface area contributed by atoms with Gasteiger partial charge in [0.15, 0.2) is 0 Å². The van der Waals surface area contributed by atoms with Crippen molar-refractivity contribution in [3.05, 3.63) is 76.0 Å². The second-order valence-electron chi connectivity index (χ2n) is 13.4. The Labute approximate surface area is 236 Å². The van der Waals surface area contributed by atoms with Crippen LogP contribution in [0.1, 0.15) is 108 Å². The van der Waals surface area contributed by atoms with Crippen molar-refractivity contribution in [1.29, 1.82) is 0 Å². The predicted molar refractivity (Wildman–Crippen MR) is 156 cm³/mol. The van der Waals surface area contributed by atoms with Gasteiger partial charge in [0.05, 0.1) is 11.7 Å². The molecular formula is C34H38N4O2. The van der Waals surface area contributed by atoms with Gasteiger partial charge in [-0.05, 0) is 98.1 Å². The Morgan fingerprint density at radius 1 is 1.12 bits per heavy atom. The molecule has 2 fully saturated rings. The van der Waals surface area contributed by atoms with E-state index >= 15 is 0 Å². The number of nitrogens with zero attached hydrogens (tertiary/aromatic N) is 3. The van der Waals surface area contributed by atoms with Gasteiger partial charge in [-0.2, -0.15) is 5.10 Å². The molecule has 6 nitrogen and oxygen atoms in total. The molecule has 206 valence electrons. The second kappa shape index (κ2) is 9.25. The van der Waals surface area contributed by atoms with Crippen LogP contribution in [0.2, 0.25) is 0 Å². The van der Waals surface area contributed by atoms with Gasteiger partial charge in [0, 0.05) is 46.6 Å². The third-order valence-electron chi connectivity index (χ3n) is 10.2. The van der Waals surface area contributed by atoms with Crippen molar-refractivity contribution in [2.75, 3.05) is 0 Å². The number of carbonyl (C=O) groups excluding carboxylic acids is 2. The Kier molecular flexibility index (Phi) is 5.88. The molecule has 40 heavy (non-hydrogen) atoms. The molecule has 2 aromatic carbocycles. The lowest BCUT2D eigenvalue weighted by atomic mass is 9.76. The van der Waals surface area contributed by atoms with Gasteiger partial charge in [-0.15, -0.1) is 0 Å². The van der Waals surface area contributed by atoms with E-state index in [4.69, 9.17) is 0 Å².